The molecule has 1 aliphatic carbocycles. The molecule has 0 N–H and O–H groups in total. The molecule has 0 spiro atoms. The predicted molar refractivity (Wildman–Crippen MR) is 118 cm³/mol. The largest absolute Gasteiger partial charge is 0.331 e. The van der Waals surface area contributed by atoms with Gasteiger partial charge in [0.05, 0.1) is 6.54 Å². The summed E-state index contributed by atoms with van der Waals surface area (Å²) >= 11 is 0. The lowest BCUT2D eigenvalue weighted by Crippen LogP contribution is -2.38. The van der Waals surface area contributed by atoms with E-state index >= 15 is 0 Å². The highest BCUT2D eigenvalue weighted by Gasteiger charge is 2.30. The van der Waals surface area contributed by atoms with Crippen LogP contribution in [0.2, 0.25) is 0 Å². The number of amides is 1. The Labute approximate surface area is 178 Å². The van der Waals surface area contributed by atoms with Gasteiger partial charge < -0.3 is 9.47 Å². The Morgan fingerprint density at radius 3 is 2.40 bits per heavy atom. The van der Waals surface area contributed by atoms with Gasteiger partial charge in [0.15, 0.2) is 0 Å². The van der Waals surface area contributed by atoms with E-state index in [2.05, 4.69) is 47.4 Å². The van der Waals surface area contributed by atoms with E-state index in [1.165, 1.54) is 22.3 Å². The Hall–Kier alpha value is -2.95. The zero-order valence-corrected chi connectivity index (χ0v) is 18.1. The molecule has 156 valence electrons. The van der Waals surface area contributed by atoms with Crippen molar-refractivity contribution in [3.63, 3.8) is 0 Å². The Morgan fingerprint density at radius 1 is 1.07 bits per heavy atom. The first kappa shape index (κ1) is 20.3. The predicted octanol–water partition coefficient (Wildman–Crippen LogP) is 4.58. The standard InChI is InChI=1S/C25H30N4O/c1-18-13-19(2)23(20(3)14-18)16-28-12-11-27-24(28)17-29(25(30)22-5-4-6-22)15-21-7-9-26-10-8-21/h7-14,22H,4-6,15-17H2,1-3H3. The third kappa shape index (κ3) is 4.45. The molecule has 4 rings (SSSR count). The minimum atomic E-state index is 0.164. The second-order valence-corrected chi connectivity index (χ2v) is 8.53. The average Bonchev–Trinajstić information content (AvgIpc) is 3.10. The molecule has 5 heteroatoms. The summed E-state index contributed by atoms with van der Waals surface area (Å²) in [7, 11) is 0. The number of pyridine rings is 1. The summed E-state index contributed by atoms with van der Waals surface area (Å²) in [6, 6.07) is 8.42. The van der Waals surface area contributed by atoms with Crippen LogP contribution in [0, 0.1) is 26.7 Å². The molecule has 0 saturated heterocycles. The molecule has 0 bridgehead atoms. The van der Waals surface area contributed by atoms with E-state index in [1.807, 2.05) is 29.4 Å². The summed E-state index contributed by atoms with van der Waals surface area (Å²) in [5.74, 6) is 1.34. The highest BCUT2D eigenvalue weighted by molar-refractivity contribution is 5.79. The Bertz CT molecular complexity index is 998. The molecule has 0 radical (unpaired) electrons. The van der Waals surface area contributed by atoms with Crippen LogP contribution in [0.5, 0.6) is 0 Å². The van der Waals surface area contributed by atoms with E-state index in [-0.39, 0.29) is 11.8 Å². The fourth-order valence-corrected chi connectivity index (χ4v) is 4.27. The van der Waals surface area contributed by atoms with Crippen LogP contribution in [-0.4, -0.2) is 25.3 Å². The molecule has 2 heterocycles. The molecule has 3 aromatic rings. The summed E-state index contributed by atoms with van der Waals surface area (Å²) in [6.45, 7) is 8.36. The molecule has 1 aromatic carbocycles. The van der Waals surface area contributed by atoms with Gasteiger partial charge in [-0.3, -0.25) is 9.78 Å². The van der Waals surface area contributed by atoms with E-state index in [4.69, 9.17) is 0 Å². The number of nitrogens with zero attached hydrogens (tertiary/aromatic N) is 4. The minimum absolute atomic E-state index is 0.164. The lowest BCUT2D eigenvalue weighted by atomic mass is 9.84. The van der Waals surface area contributed by atoms with Gasteiger partial charge >= 0.3 is 0 Å². The Balaban J connectivity index is 1.57. The zero-order chi connectivity index (χ0) is 21.1. The smallest absolute Gasteiger partial charge is 0.226 e. The van der Waals surface area contributed by atoms with Crippen LogP contribution in [0.25, 0.3) is 0 Å². The average molecular weight is 403 g/mol. The molecule has 0 atom stereocenters. The molecule has 30 heavy (non-hydrogen) atoms. The first-order valence-electron chi connectivity index (χ1n) is 10.8. The van der Waals surface area contributed by atoms with Crippen molar-refractivity contribution < 1.29 is 4.79 Å². The Kier molecular flexibility index (Phi) is 5.98. The van der Waals surface area contributed by atoms with Gasteiger partial charge in [-0.1, -0.05) is 24.1 Å². The Morgan fingerprint density at radius 2 is 1.77 bits per heavy atom. The van der Waals surface area contributed by atoms with Gasteiger partial charge in [0, 0.05) is 43.8 Å². The third-order valence-electron chi connectivity index (χ3n) is 6.19. The highest BCUT2D eigenvalue weighted by Crippen LogP contribution is 2.29. The summed E-state index contributed by atoms with van der Waals surface area (Å²) in [5, 5.41) is 0. The van der Waals surface area contributed by atoms with E-state index in [9.17, 15) is 4.79 Å². The number of hydrogen-bond donors (Lipinski definition) is 0. The fraction of sp³-hybridized carbons (Fsp3) is 0.400. The van der Waals surface area contributed by atoms with Gasteiger partial charge in [0.1, 0.15) is 5.82 Å². The molecule has 2 aromatic heterocycles. The monoisotopic (exact) mass is 402 g/mol. The van der Waals surface area contributed by atoms with Gasteiger partial charge in [-0.05, 0) is 68.0 Å². The number of rotatable bonds is 7. The SMILES string of the molecule is Cc1cc(C)c(Cn2ccnc2CN(Cc2ccncc2)C(=O)C2CCC2)c(C)c1. The van der Waals surface area contributed by atoms with E-state index in [0.29, 0.717) is 13.1 Å². The van der Waals surface area contributed by atoms with Gasteiger partial charge in [0.25, 0.3) is 0 Å². The molecule has 1 aliphatic rings. The summed E-state index contributed by atoms with van der Waals surface area (Å²) in [4.78, 5) is 23.8. The maximum Gasteiger partial charge on any atom is 0.226 e. The minimum Gasteiger partial charge on any atom is -0.331 e. The van der Waals surface area contributed by atoms with E-state index in [1.54, 1.807) is 12.4 Å². The molecule has 1 amide bonds. The molecular weight excluding hydrogens is 372 g/mol. The fourth-order valence-electron chi connectivity index (χ4n) is 4.27. The van der Waals surface area contributed by atoms with Crippen molar-refractivity contribution in [2.45, 2.75) is 59.7 Å². The molecule has 1 saturated carbocycles. The van der Waals surface area contributed by atoms with Crippen molar-refractivity contribution in [3.05, 3.63) is 82.7 Å². The van der Waals surface area contributed by atoms with E-state index in [0.717, 1.165) is 37.2 Å². The summed E-state index contributed by atoms with van der Waals surface area (Å²) in [5.41, 5.74) is 6.30. The molecule has 5 nitrogen and oxygen atoms in total. The van der Waals surface area contributed by atoms with Gasteiger partial charge in [-0.25, -0.2) is 4.98 Å². The van der Waals surface area contributed by atoms with Gasteiger partial charge in [-0.15, -0.1) is 0 Å². The number of carbonyl (C=O) groups is 1. The van der Waals surface area contributed by atoms with Crippen molar-refractivity contribution in [3.8, 4) is 0 Å². The van der Waals surface area contributed by atoms with Crippen LogP contribution in [0.1, 0.15) is 52.9 Å². The summed E-state index contributed by atoms with van der Waals surface area (Å²) in [6.07, 6.45) is 10.6. The number of carbonyl (C=O) groups excluding carboxylic acids is 1. The molecular formula is C25H30N4O. The zero-order valence-electron chi connectivity index (χ0n) is 18.1. The van der Waals surface area contributed by atoms with Crippen LogP contribution in [0.3, 0.4) is 0 Å². The number of benzene rings is 1. The number of aryl methyl sites for hydroxylation is 3. The van der Waals surface area contributed by atoms with Gasteiger partial charge in [-0.2, -0.15) is 0 Å². The molecule has 0 aliphatic heterocycles. The second kappa shape index (κ2) is 8.82. The van der Waals surface area contributed by atoms with Crippen molar-refractivity contribution in [1.82, 2.24) is 19.4 Å². The van der Waals surface area contributed by atoms with Crippen molar-refractivity contribution in [2.24, 2.45) is 5.92 Å². The van der Waals surface area contributed by atoms with Crippen LogP contribution in [-0.2, 0) is 24.4 Å². The quantitative estimate of drug-likeness (QED) is 0.581. The normalized spacial score (nSPS) is 13.8. The van der Waals surface area contributed by atoms with Crippen LogP contribution >= 0.6 is 0 Å². The maximum atomic E-state index is 13.1. The number of imidazole rings is 1. The number of hydrogen-bond acceptors (Lipinski definition) is 3. The van der Waals surface area contributed by atoms with Crippen molar-refractivity contribution in [2.75, 3.05) is 0 Å². The van der Waals surface area contributed by atoms with Crippen LogP contribution in [0.4, 0.5) is 0 Å². The van der Waals surface area contributed by atoms with Crippen LogP contribution < -0.4 is 0 Å². The summed E-state index contributed by atoms with van der Waals surface area (Å²) < 4.78 is 2.18. The lowest BCUT2D eigenvalue weighted by Gasteiger charge is -2.31. The number of aromatic nitrogens is 3. The van der Waals surface area contributed by atoms with Crippen LogP contribution in [0.15, 0.2) is 49.1 Å². The highest BCUT2D eigenvalue weighted by atomic mass is 16.2. The molecule has 0 unspecified atom stereocenters. The van der Waals surface area contributed by atoms with E-state index < -0.39 is 0 Å². The molecule has 1 fully saturated rings. The van der Waals surface area contributed by atoms with Crippen molar-refractivity contribution in [1.29, 1.82) is 0 Å². The first-order valence-corrected chi connectivity index (χ1v) is 10.8. The topological polar surface area (TPSA) is 51.0 Å². The third-order valence-corrected chi connectivity index (χ3v) is 6.19. The van der Waals surface area contributed by atoms with Crippen molar-refractivity contribution >= 4 is 5.91 Å². The first-order chi connectivity index (χ1) is 14.5. The maximum absolute atomic E-state index is 13.1. The lowest BCUT2D eigenvalue weighted by molar-refractivity contribution is -0.139. The van der Waals surface area contributed by atoms with Gasteiger partial charge in [0.2, 0.25) is 5.91 Å². The second-order valence-electron chi connectivity index (χ2n) is 8.53.